The highest BCUT2D eigenvalue weighted by Gasteiger charge is 2.21. The van der Waals surface area contributed by atoms with Gasteiger partial charge in [0, 0.05) is 5.69 Å². The predicted molar refractivity (Wildman–Crippen MR) is 103 cm³/mol. The quantitative estimate of drug-likeness (QED) is 0.594. The van der Waals surface area contributed by atoms with Crippen molar-refractivity contribution in [3.8, 4) is 11.5 Å². The number of hydrogen-bond donors (Lipinski definition) is 3. The molecule has 1 aliphatic heterocycles. The highest BCUT2D eigenvalue weighted by molar-refractivity contribution is 7.14. The maximum atomic E-state index is 12.6. The van der Waals surface area contributed by atoms with E-state index in [0.29, 0.717) is 28.4 Å². The molecule has 0 unspecified atom stereocenters. The molecular weight excluding hydrogens is 350 g/mol. The van der Waals surface area contributed by atoms with Gasteiger partial charge in [-0.1, -0.05) is 6.07 Å². The van der Waals surface area contributed by atoms with Crippen LogP contribution in [0.2, 0.25) is 0 Å². The molecule has 0 saturated carbocycles. The number of anilines is 3. The number of fused-ring (bicyclic) bond motifs is 2. The number of thiophene rings is 1. The molecule has 3 amide bonds. The Morgan fingerprint density at radius 1 is 1.08 bits per heavy atom. The zero-order valence-corrected chi connectivity index (χ0v) is 14.6. The van der Waals surface area contributed by atoms with Crippen LogP contribution in [0.15, 0.2) is 53.9 Å². The van der Waals surface area contributed by atoms with Gasteiger partial charge in [-0.05, 0) is 60.3 Å². The van der Waals surface area contributed by atoms with Gasteiger partial charge in [0.25, 0.3) is 5.91 Å². The molecule has 7 heteroatoms. The van der Waals surface area contributed by atoms with Crippen molar-refractivity contribution in [2.45, 2.75) is 6.92 Å². The van der Waals surface area contributed by atoms with Crippen LogP contribution in [0.3, 0.4) is 0 Å². The minimum Gasteiger partial charge on any atom is -0.454 e. The van der Waals surface area contributed by atoms with Crippen molar-refractivity contribution in [3.63, 3.8) is 0 Å². The van der Waals surface area contributed by atoms with Crippen molar-refractivity contribution in [2.24, 2.45) is 0 Å². The number of aryl methyl sites for hydroxylation is 1. The largest absolute Gasteiger partial charge is 0.454 e. The zero-order valence-electron chi connectivity index (χ0n) is 13.8. The van der Waals surface area contributed by atoms with Crippen molar-refractivity contribution in [2.75, 3.05) is 16.0 Å². The SMILES string of the molecule is Cc1ccc2c(c1)NC(=O)c1cc(NC(=O)Nc3cccs3)ccc1O2. The Balaban J connectivity index is 1.57. The second-order valence-electron chi connectivity index (χ2n) is 5.82. The summed E-state index contributed by atoms with van der Waals surface area (Å²) in [5.41, 5.74) is 2.49. The summed E-state index contributed by atoms with van der Waals surface area (Å²) in [7, 11) is 0. The van der Waals surface area contributed by atoms with Crippen LogP contribution in [0.4, 0.5) is 21.2 Å². The predicted octanol–water partition coefficient (Wildman–Crippen LogP) is 5.06. The van der Waals surface area contributed by atoms with E-state index in [0.717, 1.165) is 10.6 Å². The van der Waals surface area contributed by atoms with Crippen molar-refractivity contribution in [3.05, 3.63) is 65.0 Å². The van der Waals surface area contributed by atoms with E-state index in [4.69, 9.17) is 4.74 Å². The fourth-order valence-electron chi connectivity index (χ4n) is 2.64. The van der Waals surface area contributed by atoms with Gasteiger partial charge in [-0.3, -0.25) is 10.1 Å². The first-order valence-corrected chi connectivity index (χ1v) is 8.82. The smallest absolute Gasteiger partial charge is 0.324 e. The van der Waals surface area contributed by atoms with Gasteiger partial charge in [-0.2, -0.15) is 0 Å². The number of rotatable bonds is 2. The number of ether oxygens (including phenoxy) is 1. The molecule has 1 aromatic heterocycles. The average Bonchev–Trinajstić information content (AvgIpc) is 3.06. The van der Waals surface area contributed by atoms with Gasteiger partial charge in [0.1, 0.15) is 5.75 Å². The van der Waals surface area contributed by atoms with Gasteiger partial charge in [-0.25, -0.2) is 4.79 Å². The summed E-state index contributed by atoms with van der Waals surface area (Å²) in [4.78, 5) is 24.6. The zero-order chi connectivity index (χ0) is 18.1. The second-order valence-corrected chi connectivity index (χ2v) is 6.77. The highest BCUT2D eigenvalue weighted by atomic mass is 32.1. The molecule has 3 N–H and O–H groups in total. The van der Waals surface area contributed by atoms with Crippen molar-refractivity contribution in [1.82, 2.24) is 0 Å². The molecular formula is C19H15N3O3S. The molecule has 0 aliphatic carbocycles. The molecule has 3 aromatic rings. The first-order chi connectivity index (χ1) is 12.6. The molecule has 4 rings (SSSR count). The van der Waals surface area contributed by atoms with E-state index in [2.05, 4.69) is 16.0 Å². The lowest BCUT2D eigenvalue weighted by molar-refractivity contribution is 0.102. The van der Waals surface area contributed by atoms with E-state index in [1.54, 1.807) is 18.2 Å². The van der Waals surface area contributed by atoms with Gasteiger partial charge in [0.2, 0.25) is 0 Å². The molecule has 0 atom stereocenters. The summed E-state index contributed by atoms with van der Waals surface area (Å²) >= 11 is 1.43. The molecule has 0 bridgehead atoms. The van der Waals surface area contributed by atoms with Gasteiger partial charge in [-0.15, -0.1) is 11.3 Å². The molecule has 2 aromatic carbocycles. The Hall–Kier alpha value is -3.32. The summed E-state index contributed by atoms with van der Waals surface area (Å²) in [6.45, 7) is 1.94. The minimum atomic E-state index is -0.374. The van der Waals surface area contributed by atoms with Crippen LogP contribution in [-0.2, 0) is 0 Å². The third-order valence-corrected chi connectivity index (χ3v) is 4.63. The van der Waals surface area contributed by atoms with Crippen LogP contribution in [-0.4, -0.2) is 11.9 Å². The van der Waals surface area contributed by atoms with E-state index in [-0.39, 0.29) is 11.9 Å². The summed E-state index contributed by atoms with van der Waals surface area (Å²) in [6, 6.07) is 13.8. The summed E-state index contributed by atoms with van der Waals surface area (Å²) < 4.78 is 5.86. The van der Waals surface area contributed by atoms with Crippen LogP contribution in [0.1, 0.15) is 15.9 Å². The van der Waals surface area contributed by atoms with E-state index >= 15 is 0 Å². The van der Waals surface area contributed by atoms with Crippen molar-refractivity contribution < 1.29 is 14.3 Å². The normalized spacial score (nSPS) is 12.1. The lowest BCUT2D eigenvalue weighted by atomic mass is 10.1. The van der Waals surface area contributed by atoms with Crippen LogP contribution in [0, 0.1) is 6.92 Å². The Morgan fingerprint density at radius 3 is 2.73 bits per heavy atom. The average molecular weight is 365 g/mol. The lowest BCUT2D eigenvalue weighted by Crippen LogP contribution is -2.19. The van der Waals surface area contributed by atoms with E-state index in [1.165, 1.54) is 11.3 Å². The van der Waals surface area contributed by atoms with Crippen LogP contribution in [0.5, 0.6) is 11.5 Å². The number of benzene rings is 2. The van der Waals surface area contributed by atoms with Gasteiger partial charge >= 0.3 is 6.03 Å². The van der Waals surface area contributed by atoms with E-state index in [9.17, 15) is 9.59 Å². The number of amides is 3. The number of urea groups is 1. The summed E-state index contributed by atoms with van der Waals surface area (Å²) in [6.07, 6.45) is 0. The van der Waals surface area contributed by atoms with Crippen LogP contribution in [0.25, 0.3) is 0 Å². The van der Waals surface area contributed by atoms with E-state index in [1.807, 2.05) is 42.6 Å². The molecule has 0 radical (unpaired) electrons. The Labute approximate surface area is 153 Å². The fourth-order valence-corrected chi connectivity index (χ4v) is 3.25. The molecule has 2 heterocycles. The Morgan fingerprint density at radius 2 is 1.92 bits per heavy atom. The van der Waals surface area contributed by atoms with Crippen LogP contribution < -0.4 is 20.7 Å². The molecule has 0 spiro atoms. The molecule has 6 nitrogen and oxygen atoms in total. The molecule has 1 aliphatic rings. The number of carbonyl (C=O) groups excluding carboxylic acids is 2. The summed E-state index contributed by atoms with van der Waals surface area (Å²) in [5.74, 6) is 0.736. The van der Waals surface area contributed by atoms with E-state index < -0.39 is 0 Å². The molecule has 130 valence electrons. The standard InChI is InChI=1S/C19H15N3O3S/c1-11-4-6-16-14(9-11)21-18(23)13-10-12(5-7-15(13)25-16)20-19(24)22-17-3-2-8-26-17/h2-10H,1H3,(H,21,23)(H2,20,22,24). The molecule has 0 saturated heterocycles. The van der Waals surface area contributed by atoms with Crippen molar-refractivity contribution >= 4 is 39.7 Å². The third kappa shape index (κ3) is 3.25. The fraction of sp³-hybridized carbons (Fsp3) is 0.0526. The molecule has 0 fully saturated rings. The number of carbonyl (C=O) groups is 2. The highest BCUT2D eigenvalue weighted by Crippen LogP contribution is 2.37. The van der Waals surface area contributed by atoms with Gasteiger partial charge in [0.05, 0.1) is 16.3 Å². The Bertz CT molecular complexity index is 999. The van der Waals surface area contributed by atoms with Gasteiger partial charge < -0.3 is 15.4 Å². The first-order valence-electron chi connectivity index (χ1n) is 7.94. The summed E-state index contributed by atoms with van der Waals surface area (Å²) in [5, 5.41) is 10.9. The monoisotopic (exact) mass is 365 g/mol. The molecule has 26 heavy (non-hydrogen) atoms. The lowest BCUT2D eigenvalue weighted by Gasteiger charge is -2.10. The minimum absolute atomic E-state index is 0.285. The van der Waals surface area contributed by atoms with Gasteiger partial charge in [0.15, 0.2) is 5.75 Å². The Kier molecular flexibility index (Phi) is 4.06. The van der Waals surface area contributed by atoms with Crippen molar-refractivity contribution in [1.29, 1.82) is 0 Å². The third-order valence-electron chi connectivity index (χ3n) is 3.84. The topological polar surface area (TPSA) is 79.5 Å². The second kappa shape index (κ2) is 6.53. The maximum absolute atomic E-state index is 12.6. The number of nitrogens with one attached hydrogen (secondary N) is 3. The maximum Gasteiger partial charge on any atom is 0.324 e. The first kappa shape index (κ1) is 16.2. The number of hydrogen-bond acceptors (Lipinski definition) is 4. The van der Waals surface area contributed by atoms with Crippen LogP contribution >= 0.6 is 11.3 Å².